The van der Waals surface area contributed by atoms with Gasteiger partial charge in [0.05, 0.1) is 0 Å². The van der Waals surface area contributed by atoms with Crippen LogP contribution < -0.4 is 5.73 Å². The molecule has 0 aromatic rings. The second kappa shape index (κ2) is 4.42. The molecule has 1 rings (SSSR count). The normalized spacial score (nSPS) is 37.6. The van der Waals surface area contributed by atoms with Crippen LogP contribution >= 0.6 is 0 Å². The van der Waals surface area contributed by atoms with Crippen molar-refractivity contribution in [3.8, 4) is 0 Å². The van der Waals surface area contributed by atoms with Gasteiger partial charge in [-0.25, -0.2) is 0 Å². The van der Waals surface area contributed by atoms with E-state index in [-0.39, 0.29) is 18.1 Å². The first-order valence-electron chi connectivity index (χ1n) is 6.20. The Morgan fingerprint density at radius 2 is 2.00 bits per heavy atom. The van der Waals surface area contributed by atoms with Crippen LogP contribution in [0.3, 0.4) is 0 Å². The van der Waals surface area contributed by atoms with Crippen LogP contribution in [0.1, 0.15) is 53.4 Å². The molecule has 1 fully saturated rings. The van der Waals surface area contributed by atoms with Crippen LogP contribution in [0.15, 0.2) is 0 Å². The monoisotopic (exact) mass is 213 g/mol. The molecular formula is C13H27NO. The minimum absolute atomic E-state index is 0.171. The highest BCUT2D eigenvalue weighted by atomic mass is 16.3. The largest absolute Gasteiger partial charge is 0.396 e. The third-order valence-corrected chi connectivity index (χ3v) is 4.59. The zero-order chi connectivity index (χ0) is 11.7. The lowest BCUT2D eigenvalue weighted by Gasteiger charge is -2.50. The van der Waals surface area contributed by atoms with Crippen molar-refractivity contribution in [3.05, 3.63) is 0 Å². The van der Waals surface area contributed by atoms with Crippen LogP contribution in [-0.4, -0.2) is 17.8 Å². The maximum atomic E-state index is 9.22. The number of rotatable bonds is 3. The summed E-state index contributed by atoms with van der Waals surface area (Å²) in [5, 5.41) is 9.22. The number of hydrogen-bond donors (Lipinski definition) is 2. The van der Waals surface area contributed by atoms with Crippen molar-refractivity contribution >= 4 is 0 Å². The lowest BCUT2D eigenvalue weighted by atomic mass is 9.56. The van der Waals surface area contributed by atoms with Crippen LogP contribution in [0.25, 0.3) is 0 Å². The van der Waals surface area contributed by atoms with E-state index in [9.17, 15) is 5.11 Å². The zero-order valence-corrected chi connectivity index (χ0v) is 10.7. The molecular weight excluding hydrogens is 186 g/mol. The van der Waals surface area contributed by atoms with Crippen molar-refractivity contribution < 1.29 is 5.11 Å². The van der Waals surface area contributed by atoms with E-state index in [1.807, 2.05) is 0 Å². The van der Waals surface area contributed by atoms with Gasteiger partial charge in [0.25, 0.3) is 0 Å². The maximum absolute atomic E-state index is 9.22. The van der Waals surface area contributed by atoms with Crippen LogP contribution in [-0.2, 0) is 0 Å². The Labute approximate surface area is 94.2 Å². The summed E-state index contributed by atoms with van der Waals surface area (Å²) in [4.78, 5) is 0. The van der Waals surface area contributed by atoms with Crippen molar-refractivity contribution in [2.75, 3.05) is 6.61 Å². The van der Waals surface area contributed by atoms with E-state index in [2.05, 4.69) is 27.7 Å². The maximum Gasteiger partial charge on any atom is 0.0437 e. The smallest absolute Gasteiger partial charge is 0.0437 e. The highest BCUT2D eigenvalue weighted by Gasteiger charge is 2.45. The van der Waals surface area contributed by atoms with Crippen molar-refractivity contribution in [1.29, 1.82) is 0 Å². The van der Waals surface area contributed by atoms with Gasteiger partial charge in [-0.15, -0.1) is 0 Å². The molecule has 1 aliphatic carbocycles. The van der Waals surface area contributed by atoms with Gasteiger partial charge in [0.15, 0.2) is 0 Å². The fourth-order valence-electron chi connectivity index (χ4n) is 3.44. The minimum atomic E-state index is 0.171. The van der Waals surface area contributed by atoms with Crippen LogP contribution in [0.5, 0.6) is 0 Å². The van der Waals surface area contributed by atoms with E-state index >= 15 is 0 Å². The Balaban J connectivity index is 2.82. The number of hydrogen-bond acceptors (Lipinski definition) is 2. The van der Waals surface area contributed by atoms with E-state index < -0.39 is 0 Å². The van der Waals surface area contributed by atoms with Gasteiger partial charge < -0.3 is 10.8 Å². The fraction of sp³-hybridized carbons (Fsp3) is 1.00. The molecule has 0 spiro atoms. The first kappa shape index (κ1) is 13.0. The summed E-state index contributed by atoms with van der Waals surface area (Å²) in [5.74, 6) is 0.619. The van der Waals surface area contributed by atoms with Crippen molar-refractivity contribution in [2.45, 2.75) is 59.4 Å². The first-order valence-corrected chi connectivity index (χ1v) is 6.20. The van der Waals surface area contributed by atoms with Gasteiger partial charge in [-0.1, -0.05) is 20.8 Å². The van der Waals surface area contributed by atoms with Crippen molar-refractivity contribution in [1.82, 2.24) is 0 Å². The van der Waals surface area contributed by atoms with Crippen LogP contribution in [0.2, 0.25) is 0 Å². The Hall–Kier alpha value is -0.0800. The Morgan fingerprint density at radius 1 is 1.40 bits per heavy atom. The predicted molar refractivity (Wildman–Crippen MR) is 64.6 cm³/mol. The van der Waals surface area contributed by atoms with Crippen LogP contribution in [0.4, 0.5) is 0 Å². The molecule has 1 saturated carbocycles. The molecule has 2 nitrogen and oxygen atoms in total. The van der Waals surface area contributed by atoms with Gasteiger partial charge in [0.2, 0.25) is 0 Å². The molecule has 3 atom stereocenters. The zero-order valence-electron chi connectivity index (χ0n) is 10.7. The van der Waals surface area contributed by atoms with E-state index in [0.717, 1.165) is 6.42 Å². The van der Waals surface area contributed by atoms with E-state index in [1.54, 1.807) is 0 Å². The molecule has 0 aromatic heterocycles. The molecule has 0 saturated heterocycles. The van der Waals surface area contributed by atoms with Crippen molar-refractivity contribution in [3.63, 3.8) is 0 Å². The topological polar surface area (TPSA) is 46.2 Å². The predicted octanol–water partition coefficient (Wildman–Crippen LogP) is 2.55. The van der Waals surface area contributed by atoms with Gasteiger partial charge in [0, 0.05) is 12.6 Å². The average Bonchev–Trinajstić information content (AvgIpc) is 2.09. The van der Waals surface area contributed by atoms with E-state index in [1.165, 1.54) is 19.3 Å². The Bertz CT molecular complexity index is 213. The van der Waals surface area contributed by atoms with Crippen molar-refractivity contribution in [2.24, 2.45) is 22.5 Å². The third kappa shape index (κ3) is 2.54. The molecule has 15 heavy (non-hydrogen) atoms. The summed E-state index contributed by atoms with van der Waals surface area (Å²) >= 11 is 0. The number of aliphatic hydroxyl groups excluding tert-OH is 1. The standard InChI is InChI=1S/C13H27NO/c1-10-9-12(3,4)5-6-13(10,7-8-15)11(2)14/h10-11,15H,5-9,14H2,1-4H3. The lowest BCUT2D eigenvalue weighted by molar-refractivity contribution is -0.000656. The summed E-state index contributed by atoms with van der Waals surface area (Å²) in [6.45, 7) is 9.36. The third-order valence-electron chi connectivity index (χ3n) is 4.59. The molecule has 3 unspecified atom stereocenters. The summed E-state index contributed by atoms with van der Waals surface area (Å²) in [7, 11) is 0. The second-order valence-electron chi connectivity index (χ2n) is 6.26. The van der Waals surface area contributed by atoms with Gasteiger partial charge in [-0.2, -0.15) is 0 Å². The number of aliphatic hydroxyl groups is 1. The summed E-state index contributed by atoms with van der Waals surface area (Å²) < 4.78 is 0. The fourth-order valence-corrected chi connectivity index (χ4v) is 3.44. The highest BCUT2D eigenvalue weighted by Crippen LogP contribution is 2.51. The average molecular weight is 213 g/mol. The summed E-state index contributed by atoms with van der Waals surface area (Å²) in [6, 6.07) is 0.191. The van der Waals surface area contributed by atoms with Gasteiger partial charge in [-0.3, -0.25) is 0 Å². The lowest BCUT2D eigenvalue weighted by Crippen LogP contribution is -2.49. The summed E-state index contributed by atoms with van der Waals surface area (Å²) in [6.07, 6.45) is 4.49. The Morgan fingerprint density at radius 3 is 2.40 bits per heavy atom. The van der Waals surface area contributed by atoms with Gasteiger partial charge >= 0.3 is 0 Å². The quantitative estimate of drug-likeness (QED) is 0.757. The SMILES string of the molecule is CC(N)C1(CCO)CCC(C)(C)CC1C. The van der Waals surface area contributed by atoms with Crippen LogP contribution in [0, 0.1) is 16.7 Å². The molecule has 0 radical (unpaired) electrons. The minimum Gasteiger partial charge on any atom is -0.396 e. The van der Waals surface area contributed by atoms with E-state index in [0.29, 0.717) is 11.3 Å². The van der Waals surface area contributed by atoms with E-state index in [4.69, 9.17) is 5.73 Å². The molecule has 0 amide bonds. The molecule has 0 bridgehead atoms. The summed E-state index contributed by atoms with van der Waals surface area (Å²) in [5.41, 5.74) is 6.78. The molecule has 2 heteroatoms. The molecule has 3 N–H and O–H groups in total. The molecule has 1 aliphatic rings. The first-order chi connectivity index (χ1) is 6.84. The Kier molecular flexibility index (Phi) is 3.83. The molecule has 0 heterocycles. The second-order valence-corrected chi connectivity index (χ2v) is 6.26. The van der Waals surface area contributed by atoms with Gasteiger partial charge in [0.1, 0.15) is 0 Å². The molecule has 90 valence electrons. The highest BCUT2D eigenvalue weighted by molar-refractivity contribution is 4.97. The molecule has 0 aromatic carbocycles. The number of nitrogens with two attached hydrogens (primary N) is 1. The van der Waals surface area contributed by atoms with Gasteiger partial charge in [-0.05, 0) is 49.4 Å². The molecule has 0 aliphatic heterocycles.